The Morgan fingerprint density at radius 1 is 1.12 bits per heavy atom. The number of aliphatic hydroxyl groups is 1. The summed E-state index contributed by atoms with van der Waals surface area (Å²) in [7, 11) is 2.14. The first-order valence-corrected chi connectivity index (χ1v) is 6.85. The molecule has 1 saturated heterocycles. The van der Waals surface area contributed by atoms with Crippen LogP contribution < -0.4 is 0 Å². The molecule has 0 radical (unpaired) electrons. The van der Waals surface area contributed by atoms with Crippen LogP contribution in [0.25, 0.3) is 0 Å². The minimum atomic E-state index is -0.400. The van der Waals surface area contributed by atoms with Crippen LogP contribution in [-0.4, -0.2) is 35.2 Å². The molecule has 2 fully saturated rings. The predicted molar refractivity (Wildman–Crippen MR) is 67.3 cm³/mol. The standard InChI is InChI=1S/C14H27NO/c1-10-5-6-13(7-11(10)2)14(16)8-12(3)15(4)9-14/h10-13,16H,5-9H2,1-4H3. The maximum absolute atomic E-state index is 10.8. The van der Waals surface area contributed by atoms with E-state index in [1.54, 1.807) is 0 Å². The molecule has 5 atom stereocenters. The number of nitrogens with zero attached hydrogens (tertiary/aromatic N) is 1. The fraction of sp³-hybridized carbons (Fsp3) is 1.00. The lowest BCUT2D eigenvalue weighted by molar-refractivity contribution is -0.0371. The quantitative estimate of drug-likeness (QED) is 0.741. The van der Waals surface area contributed by atoms with Gasteiger partial charge in [-0.2, -0.15) is 0 Å². The third-order valence-electron chi connectivity index (χ3n) is 5.28. The zero-order valence-corrected chi connectivity index (χ0v) is 11.2. The molecule has 1 saturated carbocycles. The van der Waals surface area contributed by atoms with E-state index in [4.69, 9.17) is 0 Å². The molecule has 2 nitrogen and oxygen atoms in total. The Morgan fingerprint density at radius 3 is 2.31 bits per heavy atom. The van der Waals surface area contributed by atoms with E-state index in [0.717, 1.165) is 24.8 Å². The minimum Gasteiger partial charge on any atom is -0.388 e. The maximum atomic E-state index is 10.8. The van der Waals surface area contributed by atoms with Crippen molar-refractivity contribution in [2.24, 2.45) is 17.8 Å². The van der Waals surface area contributed by atoms with Gasteiger partial charge in [-0.05, 0) is 51.0 Å². The number of β-amino-alcohol motifs (C(OH)–C–C–N with tert-alkyl or cyclic N) is 1. The van der Waals surface area contributed by atoms with Gasteiger partial charge in [0.2, 0.25) is 0 Å². The van der Waals surface area contributed by atoms with Gasteiger partial charge in [-0.3, -0.25) is 0 Å². The van der Waals surface area contributed by atoms with E-state index in [2.05, 4.69) is 32.7 Å². The molecule has 1 N–H and O–H groups in total. The van der Waals surface area contributed by atoms with Crippen LogP contribution in [0.1, 0.15) is 46.5 Å². The highest BCUT2D eigenvalue weighted by Gasteiger charge is 2.46. The predicted octanol–water partition coefficient (Wildman–Crippen LogP) is 2.51. The van der Waals surface area contributed by atoms with Crippen LogP contribution in [0.3, 0.4) is 0 Å². The average Bonchev–Trinajstić information content (AvgIpc) is 2.46. The van der Waals surface area contributed by atoms with Crippen LogP contribution in [0.5, 0.6) is 0 Å². The number of hydrogen-bond acceptors (Lipinski definition) is 2. The first-order chi connectivity index (χ1) is 7.42. The fourth-order valence-corrected chi connectivity index (χ4v) is 3.65. The van der Waals surface area contributed by atoms with E-state index in [9.17, 15) is 5.11 Å². The zero-order chi connectivity index (χ0) is 11.9. The molecule has 0 bridgehead atoms. The highest BCUT2D eigenvalue weighted by molar-refractivity contribution is 4.99. The Bertz CT molecular complexity index is 243. The Hall–Kier alpha value is -0.0800. The van der Waals surface area contributed by atoms with Gasteiger partial charge in [0, 0.05) is 12.6 Å². The summed E-state index contributed by atoms with van der Waals surface area (Å²) >= 11 is 0. The first-order valence-electron chi connectivity index (χ1n) is 6.85. The second-order valence-corrected chi connectivity index (χ2v) is 6.54. The molecule has 0 aromatic heterocycles. The van der Waals surface area contributed by atoms with Crippen LogP contribution in [0, 0.1) is 17.8 Å². The van der Waals surface area contributed by atoms with Crippen molar-refractivity contribution >= 4 is 0 Å². The number of hydrogen-bond donors (Lipinski definition) is 1. The molecule has 0 aromatic carbocycles. The van der Waals surface area contributed by atoms with Crippen molar-refractivity contribution in [3.8, 4) is 0 Å². The summed E-state index contributed by atoms with van der Waals surface area (Å²) in [5.74, 6) is 2.16. The van der Waals surface area contributed by atoms with Crippen molar-refractivity contribution in [2.45, 2.75) is 58.1 Å². The molecule has 2 rings (SSSR count). The maximum Gasteiger partial charge on any atom is 0.0816 e. The van der Waals surface area contributed by atoms with Crippen molar-refractivity contribution in [3.05, 3.63) is 0 Å². The lowest BCUT2D eigenvalue weighted by Gasteiger charge is -2.40. The first kappa shape index (κ1) is 12.4. The monoisotopic (exact) mass is 225 g/mol. The summed E-state index contributed by atoms with van der Waals surface area (Å²) in [5, 5.41) is 10.8. The van der Waals surface area contributed by atoms with Crippen molar-refractivity contribution in [1.82, 2.24) is 4.90 Å². The molecule has 1 aliphatic carbocycles. The molecular weight excluding hydrogens is 198 g/mol. The average molecular weight is 225 g/mol. The van der Waals surface area contributed by atoms with Crippen molar-refractivity contribution in [3.63, 3.8) is 0 Å². The van der Waals surface area contributed by atoms with Crippen LogP contribution in [-0.2, 0) is 0 Å². The molecule has 16 heavy (non-hydrogen) atoms. The van der Waals surface area contributed by atoms with Gasteiger partial charge in [0.05, 0.1) is 5.60 Å². The highest BCUT2D eigenvalue weighted by Crippen LogP contribution is 2.43. The number of likely N-dealkylation sites (N-methyl/N-ethyl adjacent to an activating group) is 1. The Balaban J connectivity index is 2.02. The lowest BCUT2D eigenvalue weighted by Crippen LogP contribution is -2.43. The topological polar surface area (TPSA) is 23.5 Å². The largest absolute Gasteiger partial charge is 0.388 e. The van der Waals surface area contributed by atoms with Crippen LogP contribution >= 0.6 is 0 Å². The minimum absolute atomic E-state index is 0.400. The summed E-state index contributed by atoms with van der Waals surface area (Å²) in [4.78, 5) is 2.31. The molecule has 0 amide bonds. The van der Waals surface area contributed by atoms with E-state index >= 15 is 0 Å². The molecule has 2 heteroatoms. The fourth-order valence-electron chi connectivity index (χ4n) is 3.65. The Morgan fingerprint density at radius 2 is 1.81 bits per heavy atom. The summed E-state index contributed by atoms with van der Waals surface area (Å²) in [6.45, 7) is 7.81. The smallest absolute Gasteiger partial charge is 0.0816 e. The highest BCUT2D eigenvalue weighted by atomic mass is 16.3. The van der Waals surface area contributed by atoms with Crippen molar-refractivity contribution in [1.29, 1.82) is 0 Å². The Labute approximate surface area is 100 Å². The molecular formula is C14H27NO. The second kappa shape index (κ2) is 4.30. The lowest BCUT2D eigenvalue weighted by atomic mass is 9.69. The zero-order valence-electron chi connectivity index (χ0n) is 11.2. The van der Waals surface area contributed by atoms with Gasteiger partial charge in [-0.15, -0.1) is 0 Å². The van der Waals surface area contributed by atoms with Gasteiger partial charge in [-0.1, -0.05) is 20.3 Å². The molecule has 5 unspecified atom stereocenters. The van der Waals surface area contributed by atoms with Crippen molar-refractivity contribution < 1.29 is 5.11 Å². The third kappa shape index (κ3) is 2.14. The van der Waals surface area contributed by atoms with E-state index in [0.29, 0.717) is 12.0 Å². The molecule has 1 aliphatic heterocycles. The van der Waals surface area contributed by atoms with Gasteiger partial charge in [-0.25, -0.2) is 0 Å². The number of likely N-dealkylation sites (tertiary alicyclic amines) is 1. The molecule has 0 spiro atoms. The SMILES string of the molecule is CC1CCC(C2(O)CC(C)N(C)C2)CC1C. The van der Waals surface area contributed by atoms with Crippen molar-refractivity contribution in [2.75, 3.05) is 13.6 Å². The summed E-state index contributed by atoms with van der Waals surface area (Å²) in [6, 6.07) is 0.541. The second-order valence-electron chi connectivity index (χ2n) is 6.54. The summed E-state index contributed by atoms with van der Waals surface area (Å²) < 4.78 is 0. The van der Waals surface area contributed by atoms with Crippen LogP contribution in [0.4, 0.5) is 0 Å². The van der Waals surface area contributed by atoms with Crippen LogP contribution in [0.2, 0.25) is 0 Å². The molecule has 94 valence electrons. The van der Waals surface area contributed by atoms with Gasteiger partial charge in [0.1, 0.15) is 0 Å². The summed E-state index contributed by atoms with van der Waals surface area (Å²) in [5.41, 5.74) is -0.400. The third-order valence-corrected chi connectivity index (χ3v) is 5.28. The molecule has 1 heterocycles. The van der Waals surface area contributed by atoms with Gasteiger partial charge in [0.15, 0.2) is 0 Å². The molecule has 2 aliphatic rings. The van der Waals surface area contributed by atoms with Gasteiger partial charge in [0.25, 0.3) is 0 Å². The summed E-state index contributed by atoms with van der Waals surface area (Å²) in [6.07, 6.45) is 4.71. The van der Waals surface area contributed by atoms with Gasteiger partial charge >= 0.3 is 0 Å². The van der Waals surface area contributed by atoms with E-state index in [1.807, 2.05) is 0 Å². The normalized spacial score (nSPS) is 50.8. The van der Waals surface area contributed by atoms with E-state index < -0.39 is 5.60 Å². The van der Waals surface area contributed by atoms with E-state index in [-0.39, 0.29) is 0 Å². The Kier molecular flexibility index (Phi) is 3.33. The molecule has 0 aromatic rings. The van der Waals surface area contributed by atoms with E-state index in [1.165, 1.54) is 19.3 Å². The number of rotatable bonds is 1. The van der Waals surface area contributed by atoms with Gasteiger partial charge < -0.3 is 10.0 Å². The van der Waals surface area contributed by atoms with Crippen LogP contribution in [0.15, 0.2) is 0 Å².